The van der Waals surface area contributed by atoms with Crippen molar-refractivity contribution in [1.82, 2.24) is 0 Å². The first-order valence-electron chi connectivity index (χ1n) is 15.1. The number of esters is 4. The molecule has 13 atom stereocenters. The molecule has 3 saturated carbocycles. The summed E-state index contributed by atoms with van der Waals surface area (Å²) in [7, 11) is 0. The highest BCUT2D eigenvalue weighted by molar-refractivity contribution is 5.90. The molecule has 1 aromatic carbocycles. The summed E-state index contributed by atoms with van der Waals surface area (Å²) in [5.41, 5.74) is -7.41. The Labute approximate surface area is 261 Å². The molecule has 1 spiro atoms. The Bertz CT molecular complexity index is 1410. The Hall–Kier alpha value is -3.32. The van der Waals surface area contributed by atoms with Crippen LogP contribution in [0.1, 0.15) is 65.2 Å². The number of hydrogen-bond acceptors (Lipinski definition) is 12. The molecule has 1 aromatic rings. The Morgan fingerprint density at radius 3 is 1.93 bits per heavy atom. The lowest BCUT2D eigenvalue weighted by atomic mass is 9.52. The molecule has 0 aromatic heterocycles. The van der Waals surface area contributed by atoms with E-state index >= 15 is 0 Å². The van der Waals surface area contributed by atoms with Crippen molar-refractivity contribution in [3.63, 3.8) is 0 Å². The molecule has 0 amide bonds. The van der Waals surface area contributed by atoms with Gasteiger partial charge in [-0.1, -0.05) is 38.6 Å². The fraction of sp³-hybridized carbons (Fsp3) is 0.636. The topological polar surface area (TPSA) is 175 Å². The van der Waals surface area contributed by atoms with Crippen molar-refractivity contribution in [2.24, 2.45) is 23.7 Å². The number of rotatable bonds is 6. The van der Waals surface area contributed by atoms with Crippen molar-refractivity contribution in [3.05, 3.63) is 48.0 Å². The molecule has 2 bridgehead atoms. The second-order valence-corrected chi connectivity index (χ2v) is 13.4. The molecular formula is C33H42O12. The zero-order valence-corrected chi connectivity index (χ0v) is 26.5. The molecule has 2 heterocycles. The lowest BCUT2D eigenvalue weighted by molar-refractivity contribution is -0.391. The van der Waals surface area contributed by atoms with Gasteiger partial charge in [0.15, 0.2) is 12.2 Å². The minimum atomic E-state index is -2.13. The van der Waals surface area contributed by atoms with Gasteiger partial charge in [0.05, 0.1) is 23.2 Å². The molecule has 12 nitrogen and oxygen atoms in total. The Morgan fingerprint density at radius 1 is 0.889 bits per heavy atom. The molecular weight excluding hydrogens is 588 g/mol. The third-order valence-corrected chi connectivity index (χ3v) is 10.7. The van der Waals surface area contributed by atoms with Gasteiger partial charge in [-0.3, -0.25) is 14.4 Å². The van der Waals surface area contributed by atoms with Gasteiger partial charge in [-0.25, -0.2) is 4.79 Å². The number of carbonyl (C=O) groups is 4. The number of aliphatic hydroxyl groups is 3. The van der Waals surface area contributed by atoms with Gasteiger partial charge in [0.25, 0.3) is 0 Å². The first-order valence-corrected chi connectivity index (χ1v) is 15.1. The predicted octanol–water partition coefficient (Wildman–Crippen LogP) is 1.87. The normalized spacial score (nSPS) is 44.6. The van der Waals surface area contributed by atoms with Crippen LogP contribution in [0.2, 0.25) is 0 Å². The van der Waals surface area contributed by atoms with E-state index in [-0.39, 0.29) is 17.6 Å². The van der Waals surface area contributed by atoms with Crippen molar-refractivity contribution in [2.75, 3.05) is 0 Å². The van der Waals surface area contributed by atoms with E-state index in [0.717, 1.165) is 20.8 Å². The molecule has 3 N–H and O–H groups in total. The molecule has 45 heavy (non-hydrogen) atoms. The molecule has 0 unspecified atom stereocenters. The Balaban J connectivity index is 1.85. The van der Waals surface area contributed by atoms with Crippen LogP contribution in [0.3, 0.4) is 0 Å². The zero-order chi connectivity index (χ0) is 33.4. The number of carbonyl (C=O) groups excluding carboxylic acids is 4. The minimum absolute atomic E-state index is 0.109. The van der Waals surface area contributed by atoms with Crippen LogP contribution in [0.4, 0.5) is 0 Å². The number of aliphatic hydroxyl groups excluding tert-OH is 2. The van der Waals surface area contributed by atoms with E-state index in [0.29, 0.717) is 0 Å². The summed E-state index contributed by atoms with van der Waals surface area (Å²) >= 11 is 0. The van der Waals surface area contributed by atoms with Crippen molar-refractivity contribution in [3.8, 4) is 0 Å². The van der Waals surface area contributed by atoms with E-state index in [4.69, 9.17) is 23.7 Å². The van der Waals surface area contributed by atoms with Crippen molar-refractivity contribution >= 4 is 23.9 Å². The highest BCUT2D eigenvalue weighted by Gasteiger charge is 2.87. The lowest BCUT2D eigenvalue weighted by Gasteiger charge is -2.61. The predicted molar refractivity (Wildman–Crippen MR) is 155 cm³/mol. The SMILES string of the molecule is C=C(C)[C@@]1(OC(=O)c2ccccc2)[C@H](OC(C)=O)[C@H]2[C@H](OC(C)=O)[C@]3(C)O[C@@]4([C@@H]3O)[C@@H](O)[C@@H](C)C[C@H]4[C@@]2(O)[C@H](C)[C@@H]1OC(C)=O. The molecule has 6 rings (SSSR count). The molecule has 246 valence electrons. The van der Waals surface area contributed by atoms with Crippen LogP contribution in [-0.2, 0) is 38.1 Å². The van der Waals surface area contributed by atoms with Gasteiger partial charge < -0.3 is 39.0 Å². The average molecular weight is 631 g/mol. The molecule has 5 aliphatic rings. The van der Waals surface area contributed by atoms with Crippen molar-refractivity contribution in [1.29, 1.82) is 0 Å². The van der Waals surface area contributed by atoms with Gasteiger partial charge >= 0.3 is 23.9 Å². The van der Waals surface area contributed by atoms with E-state index < -0.39 is 100 Å². The maximum Gasteiger partial charge on any atom is 0.339 e. The summed E-state index contributed by atoms with van der Waals surface area (Å²) in [5.74, 6) is -7.39. The molecule has 0 radical (unpaired) electrons. The third-order valence-electron chi connectivity index (χ3n) is 10.7. The fourth-order valence-electron chi connectivity index (χ4n) is 8.91. The molecule has 3 aliphatic carbocycles. The number of benzene rings is 1. The third kappa shape index (κ3) is 4.39. The summed E-state index contributed by atoms with van der Waals surface area (Å²) < 4.78 is 30.5. The highest BCUT2D eigenvalue weighted by Crippen LogP contribution is 2.70. The Morgan fingerprint density at radius 2 is 1.42 bits per heavy atom. The van der Waals surface area contributed by atoms with Gasteiger partial charge in [0.2, 0.25) is 5.60 Å². The van der Waals surface area contributed by atoms with Crippen LogP contribution in [0.5, 0.6) is 0 Å². The second-order valence-electron chi connectivity index (χ2n) is 13.4. The second kappa shape index (κ2) is 10.9. The summed E-state index contributed by atoms with van der Waals surface area (Å²) in [5, 5.41) is 36.6. The summed E-state index contributed by atoms with van der Waals surface area (Å²) in [6.07, 6.45) is -7.24. The van der Waals surface area contributed by atoms with E-state index in [1.54, 1.807) is 32.0 Å². The molecule has 12 heteroatoms. The van der Waals surface area contributed by atoms with Gasteiger partial charge in [0.1, 0.15) is 23.4 Å². The maximum absolute atomic E-state index is 13.8. The van der Waals surface area contributed by atoms with Gasteiger partial charge in [0, 0.05) is 32.6 Å². The van der Waals surface area contributed by atoms with E-state index in [9.17, 15) is 34.5 Å². The van der Waals surface area contributed by atoms with Crippen LogP contribution in [0.15, 0.2) is 42.5 Å². The maximum atomic E-state index is 13.8. The van der Waals surface area contributed by atoms with Crippen LogP contribution in [0.25, 0.3) is 0 Å². The van der Waals surface area contributed by atoms with Crippen LogP contribution in [-0.4, -0.2) is 92.1 Å². The molecule has 2 saturated heterocycles. The zero-order valence-electron chi connectivity index (χ0n) is 26.5. The standard InChI is InChI=1S/C33H42O12/c1-15(2)32(44-28(38)21-12-10-9-11-13-21)25(41-18(5)34)17(4)31(40)22-14-16(3)24(37)33(22)29(39)30(8,45-33)26(42-19(6)35)23(31)27(32)43-20(7)36/h9-13,16-17,22-27,29,37,39-40H,1,14H2,2-8H3/t16-,17+,22-,23+,24-,25-,26-,27+,29+,30-,31-,32-,33+/m0/s1. The highest BCUT2D eigenvalue weighted by atomic mass is 16.6. The van der Waals surface area contributed by atoms with Gasteiger partial charge in [-0.2, -0.15) is 0 Å². The number of hydrogen-bond donors (Lipinski definition) is 3. The fourth-order valence-corrected chi connectivity index (χ4v) is 8.91. The smallest absolute Gasteiger partial charge is 0.339 e. The van der Waals surface area contributed by atoms with E-state index in [2.05, 4.69) is 6.58 Å². The summed E-state index contributed by atoms with van der Waals surface area (Å²) in [6, 6.07) is 7.98. The number of ether oxygens (including phenoxy) is 5. The Kier molecular flexibility index (Phi) is 8.00. The van der Waals surface area contributed by atoms with Crippen molar-refractivity contribution < 1.29 is 58.2 Å². The van der Waals surface area contributed by atoms with Gasteiger partial charge in [-0.15, -0.1) is 0 Å². The quantitative estimate of drug-likeness (QED) is 0.237. The van der Waals surface area contributed by atoms with Gasteiger partial charge in [-0.05, 0) is 43.9 Å². The van der Waals surface area contributed by atoms with Crippen LogP contribution >= 0.6 is 0 Å². The lowest BCUT2D eigenvalue weighted by Crippen LogP contribution is -2.79. The average Bonchev–Trinajstić information content (AvgIpc) is 3.17. The van der Waals surface area contributed by atoms with Crippen LogP contribution < -0.4 is 0 Å². The first-order chi connectivity index (χ1) is 20.9. The summed E-state index contributed by atoms with van der Waals surface area (Å²) in [4.78, 5) is 52.2. The van der Waals surface area contributed by atoms with Crippen LogP contribution in [0, 0.1) is 23.7 Å². The van der Waals surface area contributed by atoms with Crippen molar-refractivity contribution in [2.45, 2.75) is 108 Å². The van der Waals surface area contributed by atoms with E-state index in [1.165, 1.54) is 26.0 Å². The minimum Gasteiger partial charge on any atom is -0.459 e. The summed E-state index contributed by atoms with van der Waals surface area (Å²) in [6.45, 7) is 13.8. The largest absolute Gasteiger partial charge is 0.459 e. The monoisotopic (exact) mass is 630 g/mol. The molecule has 5 fully saturated rings. The van der Waals surface area contributed by atoms with E-state index in [1.807, 2.05) is 0 Å². The first kappa shape index (κ1) is 33.1. The molecule has 2 aliphatic heterocycles.